The Morgan fingerprint density at radius 2 is 1.56 bits per heavy atom. The van der Waals surface area contributed by atoms with Gasteiger partial charge < -0.3 is 43.2 Å². The van der Waals surface area contributed by atoms with Crippen LogP contribution >= 0.6 is 0 Å². The van der Waals surface area contributed by atoms with Crippen molar-refractivity contribution in [1.82, 2.24) is 5.32 Å². The number of methoxy groups -OCH3 is 3. The first-order valence-electron chi connectivity index (χ1n) is 14.9. The standard InChI is InChI=1S/C33H41NO11/c1-16(2)9-21(34-32(37)45-33(3,4)5)30(35)44-28-19-13-23-22(42-15-43-23)12-18(19)26(27-20(28)14-41-31(27)36)17-10-24(38-6)29(40-8)25(11-17)39-7/h10-13,16,20-21,26-28H,9,14-15H2,1-8H3,(H,34,37)/t20-,21-,26+,27-,28-/m0/s1. The third-order valence-corrected chi connectivity index (χ3v) is 8.09. The monoisotopic (exact) mass is 627 g/mol. The summed E-state index contributed by atoms with van der Waals surface area (Å²) in [7, 11) is 4.56. The molecular weight excluding hydrogens is 586 g/mol. The van der Waals surface area contributed by atoms with Crippen LogP contribution in [0.3, 0.4) is 0 Å². The molecule has 244 valence electrons. The summed E-state index contributed by atoms with van der Waals surface area (Å²) in [6.07, 6.45) is -1.29. The molecule has 1 fully saturated rings. The number of nitrogens with one attached hydrogen (secondary N) is 1. The van der Waals surface area contributed by atoms with Crippen LogP contribution in [0.2, 0.25) is 0 Å². The van der Waals surface area contributed by atoms with Crippen LogP contribution in [0.5, 0.6) is 28.7 Å². The molecule has 0 spiro atoms. The Labute approximate surface area is 262 Å². The van der Waals surface area contributed by atoms with Gasteiger partial charge in [0.1, 0.15) is 17.7 Å². The number of ether oxygens (including phenoxy) is 8. The molecule has 1 N–H and O–H groups in total. The van der Waals surface area contributed by atoms with Gasteiger partial charge in [-0.05, 0) is 68.5 Å². The topological polar surface area (TPSA) is 137 Å². The Bertz CT molecular complexity index is 1440. The van der Waals surface area contributed by atoms with Crippen LogP contribution in [0.4, 0.5) is 4.79 Å². The first kappa shape index (κ1) is 32.1. The van der Waals surface area contributed by atoms with Crippen LogP contribution < -0.4 is 29.0 Å². The van der Waals surface area contributed by atoms with E-state index in [-0.39, 0.29) is 19.3 Å². The van der Waals surface area contributed by atoms with Crippen molar-refractivity contribution in [1.29, 1.82) is 0 Å². The van der Waals surface area contributed by atoms with Crippen molar-refractivity contribution >= 4 is 18.0 Å². The van der Waals surface area contributed by atoms with Gasteiger partial charge in [-0.25, -0.2) is 9.59 Å². The molecule has 1 amide bonds. The number of hydrogen-bond donors (Lipinski definition) is 1. The Balaban J connectivity index is 1.59. The maximum atomic E-state index is 13.8. The van der Waals surface area contributed by atoms with Gasteiger partial charge in [0.2, 0.25) is 12.5 Å². The van der Waals surface area contributed by atoms with Gasteiger partial charge >= 0.3 is 18.0 Å². The molecule has 1 saturated heterocycles. The molecule has 0 saturated carbocycles. The molecule has 1 aliphatic carbocycles. The molecule has 3 aliphatic rings. The van der Waals surface area contributed by atoms with Gasteiger partial charge in [-0.2, -0.15) is 0 Å². The Hall–Kier alpha value is -4.35. The summed E-state index contributed by atoms with van der Waals surface area (Å²) < 4.78 is 45.5. The maximum Gasteiger partial charge on any atom is 0.408 e. The number of carbonyl (C=O) groups excluding carboxylic acids is 3. The summed E-state index contributed by atoms with van der Waals surface area (Å²) in [4.78, 5) is 40.0. The summed E-state index contributed by atoms with van der Waals surface area (Å²) in [5, 5.41) is 2.68. The van der Waals surface area contributed by atoms with Gasteiger partial charge in [0.25, 0.3) is 0 Å². The zero-order valence-corrected chi connectivity index (χ0v) is 26.9. The molecular formula is C33H41NO11. The van der Waals surface area contributed by atoms with Gasteiger partial charge in [0, 0.05) is 17.4 Å². The van der Waals surface area contributed by atoms with Gasteiger partial charge in [0.15, 0.2) is 23.0 Å². The molecule has 0 bridgehead atoms. The highest BCUT2D eigenvalue weighted by molar-refractivity contribution is 5.83. The first-order valence-corrected chi connectivity index (χ1v) is 14.9. The second-order valence-electron chi connectivity index (χ2n) is 12.8. The number of carbonyl (C=O) groups is 3. The van der Waals surface area contributed by atoms with Crippen LogP contribution in [0.15, 0.2) is 24.3 Å². The van der Waals surface area contributed by atoms with E-state index in [4.69, 9.17) is 37.9 Å². The van der Waals surface area contributed by atoms with E-state index in [2.05, 4.69) is 5.32 Å². The van der Waals surface area contributed by atoms with E-state index in [1.165, 1.54) is 21.3 Å². The molecule has 12 nitrogen and oxygen atoms in total. The number of alkyl carbamates (subject to hydrolysis) is 1. The molecule has 0 radical (unpaired) electrons. The maximum absolute atomic E-state index is 13.8. The lowest BCUT2D eigenvalue weighted by molar-refractivity contribution is -0.157. The van der Waals surface area contributed by atoms with Crippen molar-refractivity contribution < 1.29 is 52.3 Å². The summed E-state index contributed by atoms with van der Waals surface area (Å²) in [6.45, 7) is 9.17. The zero-order chi connectivity index (χ0) is 32.6. The summed E-state index contributed by atoms with van der Waals surface area (Å²) in [5.74, 6) is -0.551. The van der Waals surface area contributed by atoms with Crippen LogP contribution in [0.25, 0.3) is 0 Å². The van der Waals surface area contributed by atoms with Crippen LogP contribution in [-0.4, -0.2) is 64.4 Å². The minimum atomic E-state index is -0.985. The van der Waals surface area contributed by atoms with Crippen molar-refractivity contribution in [3.05, 3.63) is 41.0 Å². The number of rotatable bonds is 9. The number of amides is 1. The predicted octanol–water partition coefficient (Wildman–Crippen LogP) is 4.90. The van der Waals surface area contributed by atoms with Gasteiger partial charge in [-0.1, -0.05) is 13.8 Å². The van der Waals surface area contributed by atoms with Gasteiger partial charge in [-0.3, -0.25) is 4.79 Å². The van der Waals surface area contributed by atoms with E-state index in [1.54, 1.807) is 39.0 Å². The minimum absolute atomic E-state index is 0.0305. The fourth-order valence-electron chi connectivity index (χ4n) is 6.29. The molecule has 0 unspecified atom stereocenters. The van der Waals surface area contributed by atoms with E-state index in [0.717, 1.165) is 0 Å². The first-order chi connectivity index (χ1) is 21.3. The third-order valence-electron chi connectivity index (χ3n) is 8.09. The highest BCUT2D eigenvalue weighted by Crippen LogP contribution is 2.56. The molecule has 2 aromatic carbocycles. The number of fused-ring (bicyclic) bond motifs is 3. The molecule has 2 aromatic rings. The second kappa shape index (κ2) is 12.6. The normalized spacial score (nSPS) is 22.1. The third kappa shape index (κ3) is 6.41. The second-order valence-corrected chi connectivity index (χ2v) is 12.8. The fourth-order valence-corrected chi connectivity index (χ4v) is 6.29. The van der Waals surface area contributed by atoms with Gasteiger partial charge in [0.05, 0.1) is 33.9 Å². The number of cyclic esters (lactones) is 1. The quantitative estimate of drug-likeness (QED) is 0.300. The molecule has 5 rings (SSSR count). The molecule has 2 heterocycles. The van der Waals surface area contributed by atoms with E-state index in [0.29, 0.717) is 51.9 Å². The highest BCUT2D eigenvalue weighted by atomic mass is 16.7. The van der Waals surface area contributed by atoms with Crippen LogP contribution in [-0.2, 0) is 23.8 Å². The molecule has 2 aliphatic heterocycles. The summed E-state index contributed by atoms with van der Waals surface area (Å²) in [5.41, 5.74) is 1.31. The van der Waals surface area contributed by atoms with Crippen molar-refractivity contribution in [3.8, 4) is 28.7 Å². The average molecular weight is 628 g/mol. The van der Waals surface area contributed by atoms with E-state index in [9.17, 15) is 14.4 Å². The predicted molar refractivity (Wildman–Crippen MR) is 160 cm³/mol. The zero-order valence-electron chi connectivity index (χ0n) is 26.9. The lowest BCUT2D eigenvalue weighted by Crippen LogP contribution is -2.46. The van der Waals surface area contributed by atoms with Crippen LogP contribution in [0, 0.1) is 17.8 Å². The van der Waals surface area contributed by atoms with Crippen molar-refractivity contribution in [2.75, 3.05) is 34.7 Å². The van der Waals surface area contributed by atoms with E-state index >= 15 is 0 Å². The Kier molecular flexibility index (Phi) is 8.95. The van der Waals surface area contributed by atoms with Gasteiger partial charge in [-0.15, -0.1) is 0 Å². The lowest BCUT2D eigenvalue weighted by atomic mass is 9.66. The van der Waals surface area contributed by atoms with Crippen molar-refractivity contribution in [2.24, 2.45) is 17.8 Å². The van der Waals surface area contributed by atoms with Crippen molar-refractivity contribution in [2.45, 2.75) is 64.7 Å². The van der Waals surface area contributed by atoms with E-state index in [1.807, 2.05) is 19.9 Å². The molecule has 5 atom stereocenters. The van der Waals surface area contributed by atoms with E-state index < -0.39 is 53.5 Å². The summed E-state index contributed by atoms with van der Waals surface area (Å²) >= 11 is 0. The highest BCUT2D eigenvalue weighted by Gasteiger charge is 2.54. The smallest absolute Gasteiger partial charge is 0.408 e. The molecule has 0 aromatic heterocycles. The Morgan fingerprint density at radius 1 is 0.933 bits per heavy atom. The number of benzene rings is 2. The fraction of sp³-hybridized carbons (Fsp3) is 0.545. The molecule has 12 heteroatoms. The van der Waals surface area contributed by atoms with Crippen molar-refractivity contribution in [3.63, 3.8) is 0 Å². The summed E-state index contributed by atoms with van der Waals surface area (Å²) in [6, 6.07) is 6.23. The average Bonchev–Trinajstić information content (AvgIpc) is 3.59. The number of esters is 2. The Morgan fingerprint density at radius 3 is 2.11 bits per heavy atom. The van der Waals surface area contributed by atoms with Crippen LogP contribution in [0.1, 0.15) is 69.8 Å². The largest absolute Gasteiger partial charge is 0.493 e. The minimum Gasteiger partial charge on any atom is -0.493 e. The number of hydrogen-bond acceptors (Lipinski definition) is 11. The molecule has 45 heavy (non-hydrogen) atoms. The lowest BCUT2D eigenvalue weighted by Gasteiger charge is -2.39. The SMILES string of the molecule is COc1cc([C@@H]2c3cc4c(cc3[C@H](OC(=O)[C@H](CC(C)C)NC(=O)OC(C)(C)C)[C@H]3COC(=O)[C@H]23)OCO4)cc(OC)c1OC.